The highest BCUT2D eigenvalue weighted by Gasteiger charge is 2.30. The van der Waals surface area contributed by atoms with Crippen molar-refractivity contribution < 1.29 is 18.3 Å². The number of rotatable bonds is 6. The predicted molar refractivity (Wildman–Crippen MR) is 82.6 cm³/mol. The van der Waals surface area contributed by atoms with Gasteiger partial charge in [0.15, 0.2) is 0 Å². The number of benzene rings is 1. The average Bonchev–Trinajstić information content (AvgIpc) is 3.11. The van der Waals surface area contributed by atoms with Crippen molar-refractivity contribution in [1.29, 1.82) is 0 Å². The van der Waals surface area contributed by atoms with E-state index in [1.54, 1.807) is 6.07 Å². The Morgan fingerprint density at radius 1 is 1.09 bits per heavy atom. The fourth-order valence-electron chi connectivity index (χ4n) is 2.77. The summed E-state index contributed by atoms with van der Waals surface area (Å²) in [5, 5.41) is 12.4. The second-order valence-electron chi connectivity index (χ2n) is 6.04. The van der Waals surface area contributed by atoms with Gasteiger partial charge in [0.25, 0.3) is 0 Å². The van der Waals surface area contributed by atoms with E-state index in [1.807, 2.05) is 0 Å². The third-order valence-corrected chi connectivity index (χ3v) is 5.69. The number of hydrogen-bond acceptors (Lipinski definition) is 4. The predicted octanol–water partition coefficient (Wildman–Crippen LogP) is 2.18. The van der Waals surface area contributed by atoms with Gasteiger partial charge in [0, 0.05) is 12.1 Å². The molecule has 1 aromatic carbocycles. The van der Waals surface area contributed by atoms with Crippen molar-refractivity contribution >= 4 is 21.7 Å². The van der Waals surface area contributed by atoms with E-state index in [2.05, 4.69) is 10.0 Å². The molecule has 0 spiro atoms. The van der Waals surface area contributed by atoms with Crippen LogP contribution in [0.25, 0.3) is 0 Å². The Morgan fingerprint density at radius 2 is 1.77 bits per heavy atom. The Balaban J connectivity index is 1.94. The van der Waals surface area contributed by atoms with Gasteiger partial charge >= 0.3 is 5.97 Å². The fourth-order valence-corrected chi connectivity index (χ4v) is 4.27. The Kier molecular flexibility index (Phi) is 4.10. The molecule has 0 heterocycles. The summed E-state index contributed by atoms with van der Waals surface area (Å²) >= 11 is 0. The molecule has 1 aromatic rings. The topological polar surface area (TPSA) is 95.5 Å². The first-order valence-corrected chi connectivity index (χ1v) is 9.10. The van der Waals surface area contributed by atoms with Crippen LogP contribution in [0.15, 0.2) is 23.1 Å². The smallest absolute Gasteiger partial charge is 0.335 e. The maximum Gasteiger partial charge on any atom is 0.335 e. The lowest BCUT2D eigenvalue weighted by molar-refractivity contribution is 0.0696. The van der Waals surface area contributed by atoms with Crippen LogP contribution in [0, 0.1) is 0 Å². The molecular weight excluding hydrogens is 304 g/mol. The van der Waals surface area contributed by atoms with Crippen molar-refractivity contribution in [3.8, 4) is 0 Å². The van der Waals surface area contributed by atoms with Crippen LogP contribution in [0.5, 0.6) is 0 Å². The lowest BCUT2D eigenvalue weighted by atomic mass is 10.2. The van der Waals surface area contributed by atoms with Gasteiger partial charge in [-0.3, -0.25) is 0 Å². The normalized spacial score (nSPS) is 19.3. The molecule has 2 aliphatic rings. The number of carboxylic acid groups (broad SMARTS) is 1. The Morgan fingerprint density at radius 3 is 2.36 bits per heavy atom. The average molecular weight is 324 g/mol. The lowest BCUT2D eigenvalue weighted by Crippen LogP contribution is -2.27. The van der Waals surface area contributed by atoms with Gasteiger partial charge in [0.05, 0.1) is 11.3 Å². The summed E-state index contributed by atoms with van der Waals surface area (Å²) in [7, 11) is -3.70. The molecule has 120 valence electrons. The highest BCUT2D eigenvalue weighted by atomic mass is 32.2. The summed E-state index contributed by atoms with van der Waals surface area (Å²) in [4.78, 5) is 11.2. The lowest BCUT2D eigenvalue weighted by Gasteiger charge is -2.18. The Labute approximate surface area is 130 Å². The number of carboxylic acids is 1. The van der Waals surface area contributed by atoms with Gasteiger partial charge in [-0.15, -0.1) is 0 Å². The van der Waals surface area contributed by atoms with Crippen molar-refractivity contribution in [3.63, 3.8) is 0 Å². The molecule has 6 nitrogen and oxygen atoms in total. The van der Waals surface area contributed by atoms with Gasteiger partial charge < -0.3 is 10.4 Å². The summed E-state index contributed by atoms with van der Waals surface area (Å²) in [5.41, 5.74) is 0.471. The van der Waals surface area contributed by atoms with E-state index in [-0.39, 0.29) is 22.5 Å². The molecule has 3 N–H and O–H groups in total. The van der Waals surface area contributed by atoms with Gasteiger partial charge in [-0.1, -0.05) is 12.8 Å². The number of anilines is 1. The fraction of sp³-hybridized carbons (Fsp3) is 0.533. The Hall–Kier alpha value is -1.60. The number of sulfonamides is 1. The summed E-state index contributed by atoms with van der Waals surface area (Å²) in [6.45, 7) is 0. The van der Waals surface area contributed by atoms with Crippen LogP contribution in [-0.4, -0.2) is 31.6 Å². The molecule has 0 bridgehead atoms. The third kappa shape index (κ3) is 3.41. The summed E-state index contributed by atoms with van der Waals surface area (Å²) in [5.74, 6) is -1.13. The van der Waals surface area contributed by atoms with E-state index in [0.29, 0.717) is 5.69 Å². The first kappa shape index (κ1) is 15.3. The van der Waals surface area contributed by atoms with Crippen LogP contribution in [0.3, 0.4) is 0 Å². The molecule has 0 radical (unpaired) electrons. The van der Waals surface area contributed by atoms with Gasteiger partial charge in [-0.2, -0.15) is 0 Å². The Bertz CT molecular complexity index is 677. The molecule has 0 amide bonds. The molecule has 2 saturated carbocycles. The van der Waals surface area contributed by atoms with E-state index < -0.39 is 16.0 Å². The molecule has 3 rings (SSSR count). The SMILES string of the molecule is O=C(O)c1ccc(NC2CCCC2)c(S(=O)(=O)NC2CC2)c1. The van der Waals surface area contributed by atoms with Gasteiger partial charge in [0.2, 0.25) is 10.0 Å². The van der Waals surface area contributed by atoms with Gasteiger partial charge in [-0.25, -0.2) is 17.9 Å². The largest absolute Gasteiger partial charge is 0.478 e. The van der Waals surface area contributed by atoms with Crippen LogP contribution in [-0.2, 0) is 10.0 Å². The van der Waals surface area contributed by atoms with Crippen molar-refractivity contribution in [2.45, 2.75) is 55.5 Å². The van der Waals surface area contributed by atoms with Crippen molar-refractivity contribution in [2.24, 2.45) is 0 Å². The quantitative estimate of drug-likeness (QED) is 0.745. The molecule has 0 unspecified atom stereocenters. The zero-order chi connectivity index (χ0) is 15.7. The molecule has 0 aliphatic heterocycles. The van der Waals surface area contributed by atoms with Gasteiger partial charge in [-0.05, 0) is 43.9 Å². The van der Waals surface area contributed by atoms with Crippen LogP contribution in [0.4, 0.5) is 5.69 Å². The zero-order valence-corrected chi connectivity index (χ0v) is 13.0. The molecule has 0 saturated heterocycles. The van der Waals surface area contributed by atoms with Crippen LogP contribution >= 0.6 is 0 Å². The van der Waals surface area contributed by atoms with Crippen molar-refractivity contribution in [3.05, 3.63) is 23.8 Å². The van der Waals surface area contributed by atoms with E-state index in [0.717, 1.165) is 38.5 Å². The third-order valence-electron chi connectivity index (χ3n) is 4.13. The molecule has 0 aromatic heterocycles. The molecule has 22 heavy (non-hydrogen) atoms. The van der Waals surface area contributed by atoms with Crippen molar-refractivity contribution in [1.82, 2.24) is 4.72 Å². The summed E-state index contributed by atoms with van der Waals surface area (Å²) < 4.78 is 27.6. The van der Waals surface area contributed by atoms with E-state index in [9.17, 15) is 13.2 Å². The first-order valence-electron chi connectivity index (χ1n) is 7.62. The maximum absolute atomic E-state index is 12.5. The highest BCUT2D eigenvalue weighted by Crippen LogP contribution is 2.30. The van der Waals surface area contributed by atoms with E-state index in [4.69, 9.17) is 5.11 Å². The van der Waals surface area contributed by atoms with Crippen LogP contribution < -0.4 is 10.0 Å². The first-order chi connectivity index (χ1) is 10.5. The minimum absolute atomic E-state index is 0.0159. The maximum atomic E-state index is 12.5. The highest BCUT2D eigenvalue weighted by molar-refractivity contribution is 7.89. The molecular formula is C15H20N2O4S. The second kappa shape index (κ2) is 5.89. The number of nitrogens with one attached hydrogen (secondary N) is 2. The van der Waals surface area contributed by atoms with Crippen LogP contribution in [0.1, 0.15) is 48.9 Å². The number of aromatic carboxylic acids is 1. The number of hydrogen-bond donors (Lipinski definition) is 3. The molecule has 2 aliphatic carbocycles. The minimum atomic E-state index is -3.70. The van der Waals surface area contributed by atoms with Crippen LogP contribution in [0.2, 0.25) is 0 Å². The van der Waals surface area contributed by atoms with E-state index >= 15 is 0 Å². The molecule has 7 heteroatoms. The summed E-state index contributed by atoms with van der Waals surface area (Å²) in [6.07, 6.45) is 5.96. The monoisotopic (exact) mass is 324 g/mol. The van der Waals surface area contributed by atoms with Crippen molar-refractivity contribution in [2.75, 3.05) is 5.32 Å². The van der Waals surface area contributed by atoms with Gasteiger partial charge in [0.1, 0.15) is 4.90 Å². The molecule has 2 fully saturated rings. The number of carbonyl (C=O) groups is 1. The minimum Gasteiger partial charge on any atom is -0.478 e. The zero-order valence-electron chi connectivity index (χ0n) is 12.2. The van der Waals surface area contributed by atoms with E-state index in [1.165, 1.54) is 12.1 Å². The summed E-state index contributed by atoms with van der Waals surface area (Å²) in [6, 6.07) is 4.48. The standard InChI is InChI=1S/C15H20N2O4S/c18-15(19)10-5-8-13(16-11-3-1-2-4-11)14(9-10)22(20,21)17-12-6-7-12/h5,8-9,11-12,16-17H,1-4,6-7H2,(H,18,19). The second-order valence-corrected chi connectivity index (χ2v) is 7.72. The molecule has 0 atom stereocenters.